The number of hydrogen-bond donors (Lipinski definition) is 2. The summed E-state index contributed by atoms with van der Waals surface area (Å²) >= 11 is 0. The smallest absolute Gasteiger partial charge is 0.274 e. The van der Waals surface area contributed by atoms with E-state index in [1.54, 1.807) is 12.1 Å². The third-order valence-corrected chi connectivity index (χ3v) is 5.30. The van der Waals surface area contributed by atoms with Crippen molar-refractivity contribution >= 4 is 11.8 Å². The number of nitrogens with zero attached hydrogens (tertiary/aromatic N) is 4. The van der Waals surface area contributed by atoms with E-state index in [0.29, 0.717) is 42.3 Å². The number of carbonyl (C=O) groups is 2. The van der Waals surface area contributed by atoms with Gasteiger partial charge in [-0.05, 0) is 31.7 Å². The minimum atomic E-state index is -0.275. The second kappa shape index (κ2) is 6.08. The molecule has 9 heteroatoms. The molecule has 1 spiro atoms. The maximum absolute atomic E-state index is 13.0. The van der Waals surface area contributed by atoms with Crippen LogP contribution in [0.2, 0.25) is 0 Å². The fourth-order valence-corrected chi connectivity index (χ4v) is 3.67. The van der Waals surface area contributed by atoms with Crippen LogP contribution in [0.4, 0.5) is 0 Å². The first-order valence-electron chi connectivity index (χ1n) is 8.55. The molecule has 2 aromatic rings. The number of aromatic nitrogens is 4. The van der Waals surface area contributed by atoms with E-state index in [-0.39, 0.29) is 23.3 Å². The lowest BCUT2D eigenvalue weighted by Crippen LogP contribution is -2.50. The van der Waals surface area contributed by atoms with Crippen LogP contribution < -0.4 is 10.5 Å². The predicted octanol–water partition coefficient (Wildman–Crippen LogP) is 0.745. The van der Waals surface area contributed by atoms with Crippen LogP contribution in [0.1, 0.15) is 36.2 Å². The molecule has 26 heavy (non-hydrogen) atoms. The van der Waals surface area contributed by atoms with Crippen molar-refractivity contribution in [2.75, 3.05) is 13.7 Å². The summed E-state index contributed by atoms with van der Waals surface area (Å²) in [6.07, 6.45) is 4.45. The first-order chi connectivity index (χ1) is 12.5. The zero-order valence-electron chi connectivity index (χ0n) is 14.4. The first-order valence-corrected chi connectivity index (χ1v) is 8.55. The normalized spacial score (nSPS) is 20.8. The average Bonchev–Trinajstić information content (AvgIpc) is 3.22. The largest absolute Gasteiger partial charge is 0.481 e. The summed E-state index contributed by atoms with van der Waals surface area (Å²) in [6, 6.07) is 3.35. The summed E-state index contributed by atoms with van der Waals surface area (Å²) in [6.45, 7) is 0.524. The van der Waals surface area contributed by atoms with Gasteiger partial charge in [-0.3, -0.25) is 14.7 Å². The molecule has 4 rings (SSSR count). The molecule has 3 heterocycles. The number of rotatable bonds is 4. The van der Waals surface area contributed by atoms with Crippen LogP contribution in [0.25, 0.3) is 11.4 Å². The Morgan fingerprint density at radius 1 is 1.35 bits per heavy atom. The fraction of sp³-hybridized carbons (Fsp3) is 0.471. The Morgan fingerprint density at radius 2 is 2.15 bits per heavy atom. The van der Waals surface area contributed by atoms with Gasteiger partial charge in [-0.2, -0.15) is 5.10 Å². The van der Waals surface area contributed by atoms with Crippen LogP contribution in [0.5, 0.6) is 5.88 Å². The molecule has 2 fully saturated rings. The fourth-order valence-electron chi connectivity index (χ4n) is 3.67. The molecular formula is C17H20N6O3. The monoisotopic (exact) mass is 356 g/mol. The van der Waals surface area contributed by atoms with Crippen molar-refractivity contribution in [3.8, 4) is 17.3 Å². The second-order valence-corrected chi connectivity index (χ2v) is 6.89. The van der Waals surface area contributed by atoms with Crippen molar-refractivity contribution in [1.29, 1.82) is 0 Å². The number of H-pyrrole nitrogens is 1. The highest BCUT2D eigenvalue weighted by Gasteiger charge is 2.54. The highest BCUT2D eigenvalue weighted by Crippen LogP contribution is 2.50. The van der Waals surface area contributed by atoms with Crippen molar-refractivity contribution in [2.24, 2.45) is 11.7 Å². The molecule has 1 aliphatic heterocycles. The molecule has 0 bridgehead atoms. The summed E-state index contributed by atoms with van der Waals surface area (Å²) in [5, 5.41) is 7.01. The van der Waals surface area contributed by atoms with Gasteiger partial charge in [-0.25, -0.2) is 9.97 Å². The number of likely N-dealkylation sites (tertiary alicyclic amines) is 1. The van der Waals surface area contributed by atoms with E-state index in [9.17, 15) is 9.59 Å². The molecule has 0 aromatic carbocycles. The van der Waals surface area contributed by atoms with Gasteiger partial charge in [0.25, 0.3) is 5.91 Å². The topological polar surface area (TPSA) is 127 Å². The minimum absolute atomic E-state index is 0.131. The van der Waals surface area contributed by atoms with Crippen molar-refractivity contribution < 1.29 is 14.3 Å². The lowest BCUT2D eigenvalue weighted by molar-refractivity contribution is -0.123. The second-order valence-electron chi connectivity index (χ2n) is 6.89. The first kappa shape index (κ1) is 16.5. The number of aromatic amines is 1. The van der Waals surface area contributed by atoms with Gasteiger partial charge in [0.2, 0.25) is 11.8 Å². The number of hydrogen-bond acceptors (Lipinski definition) is 6. The molecule has 2 aromatic heterocycles. The van der Waals surface area contributed by atoms with Crippen LogP contribution in [0.15, 0.2) is 18.5 Å². The maximum atomic E-state index is 13.0. The van der Waals surface area contributed by atoms with Gasteiger partial charge in [0.15, 0.2) is 5.69 Å². The highest BCUT2D eigenvalue weighted by molar-refractivity contribution is 5.94. The standard InChI is InChI=1S/C17H20N6O3/c1-26-14-7-11(19-9-20-14)12-6-13(22-21-12)16(25)23-5-2-10(15(18)24)8-17(23)3-4-17/h6-7,9-10H,2-5,8H2,1H3,(H2,18,24)(H,21,22)/t10-/m0/s1. The summed E-state index contributed by atoms with van der Waals surface area (Å²) in [5.74, 6) is -0.121. The number of primary amides is 1. The van der Waals surface area contributed by atoms with Crippen molar-refractivity contribution in [3.05, 3.63) is 24.2 Å². The van der Waals surface area contributed by atoms with Crippen LogP contribution in [-0.2, 0) is 4.79 Å². The van der Waals surface area contributed by atoms with E-state index >= 15 is 0 Å². The van der Waals surface area contributed by atoms with Gasteiger partial charge in [-0.1, -0.05) is 0 Å². The van der Waals surface area contributed by atoms with Crippen LogP contribution in [-0.4, -0.2) is 56.1 Å². The Hall–Kier alpha value is -2.97. The average molecular weight is 356 g/mol. The molecule has 0 unspecified atom stereocenters. The molecule has 1 atom stereocenters. The third kappa shape index (κ3) is 2.79. The molecule has 136 valence electrons. The molecule has 1 saturated carbocycles. The number of ether oxygens (including phenoxy) is 1. The molecule has 0 radical (unpaired) electrons. The number of amides is 2. The van der Waals surface area contributed by atoms with Crippen LogP contribution >= 0.6 is 0 Å². The van der Waals surface area contributed by atoms with E-state index in [2.05, 4.69) is 20.2 Å². The van der Waals surface area contributed by atoms with Gasteiger partial charge >= 0.3 is 0 Å². The molecular weight excluding hydrogens is 336 g/mol. The van der Waals surface area contributed by atoms with Crippen molar-refractivity contribution in [1.82, 2.24) is 25.1 Å². The summed E-state index contributed by atoms with van der Waals surface area (Å²) < 4.78 is 5.09. The molecule has 2 amide bonds. The molecule has 9 nitrogen and oxygen atoms in total. The van der Waals surface area contributed by atoms with Crippen molar-refractivity contribution in [3.63, 3.8) is 0 Å². The molecule has 2 aliphatic rings. The number of nitrogens with two attached hydrogens (primary N) is 1. The van der Waals surface area contributed by atoms with Gasteiger partial charge in [0.1, 0.15) is 6.33 Å². The van der Waals surface area contributed by atoms with E-state index in [0.717, 1.165) is 12.8 Å². The lowest BCUT2D eigenvalue weighted by atomic mass is 9.88. The maximum Gasteiger partial charge on any atom is 0.274 e. The Bertz CT molecular complexity index is 860. The SMILES string of the molecule is COc1cc(-c2cc(C(=O)N3CC[C@H](C(N)=O)CC34CC4)n[nH]2)ncn1. The zero-order valence-corrected chi connectivity index (χ0v) is 14.4. The quantitative estimate of drug-likeness (QED) is 0.832. The Kier molecular flexibility index (Phi) is 3.86. The number of piperidine rings is 1. The van der Waals surface area contributed by atoms with Gasteiger partial charge in [0.05, 0.1) is 18.5 Å². The Balaban J connectivity index is 1.54. The van der Waals surface area contributed by atoms with E-state index in [1.165, 1.54) is 13.4 Å². The van der Waals surface area contributed by atoms with Crippen LogP contribution in [0, 0.1) is 5.92 Å². The minimum Gasteiger partial charge on any atom is -0.481 e. The van der Waals surface area contributed by atoms with Gasteiger partial charge in [-0.15, -0.1) is 0 Å². The Labute approximate surface area is 149 Å². The summed E-state index contributed by atoms with van der Waals surface area (Å²) in [5.41, 5.74) is 6.77. The summed E-state index contributed by atoms with van der Waals surface area (Å²) in [4.78, 5) is 34.5. The molecule has 1 saturated heterocycles. The third-order valence-electron chi connectivity index (χ3n) is 5.30. The number of carbonyl (C=O) groups excluding carboxylic acids is 2. The molecule has 1 aliphatic carbocycles. The van der Waals surface area contributed by atoms with Gasteiger partial charge < -0.3 is 15.4 Å². The summed E-state index contributed by atoms with van der Waals surface area (Å²) in [7, 11) is 1.53. The highest BCUT2D eigenvalue weighted by atomic mass is 16.5. The van der Waals surface area contributed by atoms with E-state index < -0.39 is 0 Å². The molecule has 3 N–H and O–H groups in total. The lowest BCUT2D eigenvalue weighted by Gasteiger charge is -2.38. The predicted molar refractivity (Wildman–Crippen MR) is 91.1 cm³/mol. The van der Waals surface area contributed by atoms with Gasteiger partial charge in [0, 0.05) is 24.1 Å². The van der Waals surface area contributed by atoms with E-state index in [4.69, 9.17) is 10.5 Å². The number of methoxy groups -OCH3 is 1. The van der Waals surface area contributed by atoms with Crippen molar-refractivity contribution in [2.45, 2.75) is 31.2 Å². The Morgan fingerprint density at radius 3 is 2.85 bits per heavy atom. The van der Waals surface area contributed by atoms with E-state index in [1.807, 2.05) is 4.90 Å². The zero-order chi connectivity index (χ0) is 18.3. The van der Waals surface area contributed by atoms with Crippen LogP contribution in [0.3, 0.4) is 0 Å². The number of nitrogens with one attached hydrogen (secondary N) is 1.